The minimum atomic E-state index is -0.129. The zero-order valence-corrected chi connectivity index (χ0v) is 10.8. The fourth-order valence-electron chi connectivity index (χ4n) is 2.00. The van der Waals surface area contributed by atoms with Crippen molar-refractivity contribution in [3.8, 4) is 0 Å². The summed E-state index contributed by atoms with van der Waals surface area (Å²) in [4.78, 5) is 11.7. The highest BCUT2D eigenvalue weighted by Gasteiger charge is 2.40. The fourth-order valence-corrected chi connectivity index (χ4v) is 2.00. The van der Waals surface area contributed by atoms with Gasteiger partial charge in [0.1, 0.15) is 0 Å². The van der Waals surface area contributed by atoms with Crippen LogP contribution in [0.5, 0.6) is 0 Å². The van der Waals surface area contributed by atoms with Crippen LogP contribution in [0.3, 0.4) is 0 Å². The zero-order chi connectivity index (χ0) is 13.0. The Morgan fingerprint density at radius 3 is 2.50 bits per heavy atom. The second-order valence-corrected chi connectivity index (χ2v) is 5.06. The van der Waals surface area contributed by atoms with Gasteiger partial charge in [-0.1, -0.05) is 19.1 Å². The van der Waals surface area contributed by atoms with E-state index < -0.39 is 0 Å². The van der Waals surface area contributed by atoms with Gasteiger partial charge in [0.25, 0.3) is 0 Å². The molecule has 98 valence electrons. The predicted molar refractivity (Wildman–Crippen MR) is 73.3 cm³/mol. The lowest BCUT2D eigenvalue weighted by atomic mass is 10.0. The molecule has 4 heteroatoms. The van der Waals surface area contributed by atoms with Crippen molar-refractivity contribution < 1.29 is 4.79 Å². The summed E-state index contributed by atoms with van der Waals surface area (Å²) in [6.07, 6.45) is 3.60. The van der Waals surface area contributed by atoms with Crippen LogP contribution in [0.4, 0.5) is 10.5 Å². The number of nitrogens with two attached hydrogens (primary N) is 1. The third-order valence-electron chi connectivity index (χ3n) is 3.78. The van der Waals surface area contributed by atoms with E-state index in [4.69, 9.17) is 5.73 Å². The highest BCUT2D eigenvalue weighted by atomic mass is 16.2. The van der Waals surface area contributed by atoms with Gasteiger partial charge in [-0.05, 0) is 42.4 Å². The maximum atomic E-state index is 11.7. The van der Waals surface area contributed by atoms with E-state index in [-0.39, 0.29) is 6.03 Å². The minimum absolute atomic E-state index is 0.129. The number of amides is 2. The number of benzene rings is 1. The van der Waals surface area contributed by atoms with Crippen LogP contribution in [0.15, 0.2) is 24.3 Å². The Labute approximate surface area is 108 Å². The molecule has 0 atom stereocenters. The second kappa shape index (κ2) is 5.40. The molecule has 0 unspecified atom stereocenters. The topological polar surface area (TPSA) is 67.2 Å². The standard InChI is InChI=1S/C14H21N3O/c1-2-14(7-8-14)10-16-13(18)17-12-5-3-11(9-15)4-6-12/h3-6H,2,7-10,15H2,1H3,(H2,16,17,18). The first-order valence-electron chi connectivity index (χ1n) is 6.51. The summed E-state index contributed by atoms with van der Waals surface area (Å²) in [7, 11) is 0. The monoisotopic (exact) mass is 247 g/mol. The van der Waals surface area contributed by atoms with Gasteiger partial charge >= 0.3 is 6.03 Å². The van der Waals surface area contributed by atoms with Crippen molar-refractivity contribution in [1.82, 2.24) is 5.32 Å². The largest absolute Gasteiger partial charge is 0.337 e. The Morgan fingerprint density at radius 1 is 1.33 bits per heavy atom. The van der Waals surface area contributed by atoms with Crippen molar-refractivity contribution in [3.05, 3.63) is 29.8 Å². The molecular formula is C14H21N3O. The summed E-state index contributed by atoms with van der Waals surface area (Å²) in [5.41, 5.74) is 7.75. The van der Waals surface area contributed by atoms with Gasteiger partial charge in [-0.25, -0.2) is 4.79 Å². The molecule has 18 heavy (non-hydrogen) atoms. The minimum Gasteiger partial charge on any atom is -0.337 e. The Morgan fingerprint density at radius 2 is 2.00 bits per heavy atom. The summed E-state index contributed by atoms with van der Waals surface area (Å²) < 4.78 is 0. The van der Waals surface area contributed by atoms with Gasteiger partial charge in [0.15, 0.2) is 0 Å². The summed E-state index contributed by atoms with van der Waals surface area (Å²) in [6, 6.07) is 7.45. The Hall–Kier alpha value is -1.55. The molecule has 0 saturated heterocycles. The van der Waals surface area contributed by atoms with Gasteiger partial charge in [0.2, 0.25) is 0 Å². The van der Waals surface area contributed by atoms with E-state index in [1.54, 1.807) is 0 Å². The molecule has 1 aromatic rings. The molecule has 0 radical (unpaired) electrons. The van der Waals surface area contributed by atoms with Crippen molar-refractivity contribution in [1.29, 1.82) is 0 Å². The molecule has 2 rings (SSSR count). The molecule has 0 heterocycles. The van der Waals surface area contributed by atoms with E-state index in [9.17, 15) is 4.79 Å². The van der Waals surface area contributed by atoms with Gasteiger partial charge in [0, 0.05) is 18.8 Å². The quantitative estimate of drug-likeness (QED) is 0.748. The van der Waals surface area contributed by atoms with Crippen LogP contribution in [0.2, 0.25) is 0 Å². The van der Waals surface area contributed by atoms with Crippen LogP contribution in [0, 0.1) is 5.41 Å². The molecule has 1 aliphatic carbocycles. The van der Waals surface area contributed by atoms with Crippen LogP contribution in [0.1, 0.15) is 31.7 Å². The average molecular weight is 247 g/mol. The highest BCUT2D eigenvalue weighted by Crippen LogP contribution is 2.47. The Balaban J connectivity index is 1.79. The molecule has 1 aliphatic rings. The van der Waals surface area contributed by atoms with Gasteiger partial charge in [-0.3, -0.25) is 0 Å². The van der Waals surface area contributed by atoms with Crippen LogP contribution in [-0.4, -0.2) is 12.6 Å². The van der Waals surface area contributed by atoms with Crippen molar-refractivity contribution >= 4 is 11.7 Å². The van der Waals surface area contributed by atoms with Gasteiger partial charge in [-0.15, -0.1) is 0 Å². The van der Waals surface area contributed by atoms with E-state index in [0.717, 1.165) is 24.2 Å². The SMILES string of the molecule is CCC1(CNC(=O)Nc2ccc(CN)cc2)CC1. The highest BCUT2D eigenvalue weighted by molar-refractivity contribution is 5.89. The van der Waals surface area contributed by atoms with Crippen LogP contribution in [-0.2, 0) is 6.54 Å². The Kier molecular flexibility index (Phi) is 3.87. The third kappa shape index (κ3) is 3.23. The molecule has 1 aromatic carbocycles. The van der Waals surface area contributed by atoms with Gasteiger partial charge in [-0.2, -0.15) is 0 Å². The predicted octanol–water partition coefficient (Wildman–Crippen LogP) is 2.46. The van der Waals surface area contributed by atoms with Crippen molar-refractivity contribution in [2.75, 3.05) is 11.9 Å². The zero-order valence-electron chi connectivity index (χ0n) is 10.8. The number of carbonyl (C=O) groups excluding carboxylic acids is 1. The number of urea groups is 1. The lowest BCUT2D eigenvalue weighted by molar-refractivity contribution is 0.249. The van der Waals surface area contributed by atoms with E-state index in [0.29, 0.717) is 12.0 Å². The molecule has 1 fully saturated rings. The number of hydrogen-bond donors (Lipinski definition) is 3. The van der Waals surface area contributed by atoms with Crippen molar-refractivity contribution in [2.45, 2.75) is 32.7 Å². The first kappa shape index (κ1) is 12.9. The first-order valence-corrected chi connectivity index (χ1v) is 6.51. The summed E-state index contributed by atoms with van der Waals surface area (Å²) >= 11 is 0. The fraction of sp³-hybridized carbons (Fsp3) is 0.500. The number of rotatable bonds is 5. The second-order valence-electron chi connectivity index (χ2n) is 5.06. The van der Waals surface area contributed by atoms with Crippen LogP contribution >= 0.6 is 0 Å². The van der Waals surface area contributed by atoms with Crippen molar-refractivity contribution in [2.24, 2.45) is 11.1 Å². The van der Waals surface area contributed by atoms with Crippen molar-refractivity contribution in [3.63, 3.8) is 0 Å². The summed E-state index contributed by atoms with van der Waals surface area (Å²) in [5.74, 6) is 0. The van der Waals surface area contributed by atoms with Crippen LogP contribution < -0.4 is 16.4 Å². The maximum Gasteiger partial charge on any atom is 0.319 e. The molecule has 2 amide bonds. The molecule has 0 bridgehead atoms. The Bertz CT molecular complexity index is 410. The first-order chi connectivity index (χ1) is 8.67. The van der Waals surface area contributed by atoms with Gasteiger partial charge in [0.05, 0.1) is 0 Å². The van der Waals surface area contributed by atoms with E-state index in [1.807, 2.05) is 24.3 Å². The van der Waals surface area contributed by atoms with Crippen LogP contribution in [0.25, 0.3) is 0 Å². The molecule has 4 N–H and O–H groups in total. The summed E-state index contributed by atoms with van der Waals surface area (Å²) in [5, 5.41) is 5.77. The van der Waals surface area contributed by atoms with E-state index >= 15 is 0 Å². The molecular weight excluding hydrogens is 226 g/mol. The molecule has 1 saturated carbocycles. The number of carbonyl (C=O) groups is 1. The molecule has 0 spiro atoms. The number of anilines is 1. The summed E-state index contributed by atoms with van der Waals surface area (Å²) in [6.45, 7) is 3.47. The van der Waals surface area contributed by atoms with Gasteiger partial charge < -0.3 is 16.4 Å². The maximum absolute atomic E-state index is 11.7. The normalized spacial score (nSPS) is 16.1. The molecule has 0 aliphatic heterocycles. The lowest BCUT2D eigenvalue weighted by Crippen LogP contribution is -2.33. The van der Waals surface area contributed by atoms with E-state index in [1.165, 1.54) is 12.8 Å². The molecule has 4 nitrogen and oxygen atoms in total. The molecule has 0 aromatic heterocycles. The number of nitrogens with one attached hydrogen (secondary N) is 2. The smallest absolute Gasteiger partial charge is 0.319 e. The van der Waals surface area contributed by atoms with E-state index in [2.05, 4.69) is 17.6 Å². The number of hydrogen-bond acceptors (Lipinski definition) is 2. The lowest BCUT2D eigenvalue weighted by Gasteiger charge is -2.14. The third-order valence-corrected chi connectivity index (χ3v) is 3.78. The average Bonchev–Trinajstić information content (AvgIpc) is 3.18.